The van der Waals surface area contributed by atoms with Gasteiger partial charge < -0.3 is 19.3 Å². The first-order valence-electron chi connectivity index (χ1n) is 4.70. The summed E-state index contributed by atoms with van der Waals surface area (Å²) in [6.45, 7) is 3.03. The third-order valence-corrected chi connectivity index (χ3v) is 2.01. The van der Waals surface area contributed by atoms with Crippen molar-refractivity contribution >= 4 is 20.4 Å². The van der Waals surface area contributed by atoms with Crippen LogP contribution in [0.3, 0.4) is 0 Å². The van der Waals surface area contributed by atoms with E-state index in [2.05, 4.69) is 9.47 Å². The fourth-order valence-corrected chi connectivity index (χ4v) is 1.38. The SMILES string of the molecule is CCOC(=O)CN(CP([O-])[O-])C(=O)OCC.[Na+].[Na+]. The van der Waals surface area contributed by atoms with E-state index in [9.17, 15) is 19.4 Å². The molecule has 0 atom stereocenters. The van der Waals surface area contributed by atoms with Gasteiger partial charge in [-0.2, -0.15) is 0 Å². The number of carbonyl (C=O) groups excluding carboxylic acids is 2. The van der Waals surface area contributed by atoms with E-state index in [1.807, 2.05) is 0 Å². The van der Waals surface area contributed by atoms with Crippen LogP contribution in [0.15, 0.2) is 0 Å². The molecule has 0 heterocycles. The second kappa shape index (κ2) is 14.5. The van der Waals surface area contributed by atoms with Gasteiger partial charge in [0.2, 0.25) is 0 Å². The van der Waals surface area contributed by atoms with Crippen LogP contribution in [-0.4, -0.2) is 43.0 Å². The molecule has 0 saturated heterocycles. The molecule has 0 N–H and O–H groups in total. The molecule has 0 aromatic carbocycles. The first-order chi connectivity index (χ1) is 7.51. The molecule has 0 rings (SSSR count). The van der Waals surface area contributed by atoms with Crippen molar-refractivity contribution in [2.75, 3.05) is 26.0 Å². The smallest absolute Gasteiger partial charge is 0.840 e. The molecular weight excluding hydrogens is 283 g/mol. The van der Waals surface area contributed by atoms with E-state index in [1.165, 1.54) is 0 Å². The number of ether oxygens (including phenoxy) is 2. The van der Waals surface area contributed by atoms with E-state index in [1.54, 1.807) is 13.8 Å². The van der Waals surface area contributed by atoms with Gasteiger partial charge in [0.25, 0.3) is 0 Å². The Morgan fingerprint density at radius 1 is 1.11 bits per heavy atom. The average molecular weight is 297 g/mol. The largest absolute Gasteiger partial charge is 1.00 e. The van der Waals surface area contributed by atoms with Crippen molar-refractivity contribution in [3.8, 4) is 0 Å². The predicted octanol–water partition coefficient (Wildman–Crippen LogP) is -6.99. The summed E-state index contributed by atoms with van der Waals surface area (Å²) in [6.07, 6.45) is -1.41. The minimum atomic E-state index is -2.81. The Bertz CT molecular complexity index is 244. The van der Waals surface area contributed by atoms with Gasteiger partial charge in [0.15, 0.2) is 0 Å². The monoisotopic (exact) mass is 297 g/mol. The van der Waals surface area contributed by atoms with E-state index in [0.717, 1.165) is 4.90 Å². The zero-order valence-electron chi connectivity index (χ0n) is 11.2. The van der Waals surface area contributed by atoms with E-state index in [4.69, 9.17) is 0 Å². The zero-order chi connectivity index (χ0) is 12.6. The molecule has 0 aliphatic heterocycles. The van der Waals surface area contributed by atoms with Gasteiger partial charge in [0, 0.05) is 6.29 Å². The Balaban J connectivity index is -0.00000112. The van der Waals surface area contributed by atoms with Crippen molar-refractivity contribution in [1.29, 1.82) is 0 Å². The summed E-state index contributed by atoms with van der Waals surface area (Å²) in [7, 11) is -2.81. The van der Waals surface area contributed by atoms with Crippen LogP contribution in [0.5, 0.6) is 0 Å². The normalized spacial score (nSPS) is 8.94. The number of amides is 1. The van der Waals surface area contributed by atoms with Crippen LogP contribution in [0.25, 0.3) is 0 Å². The second-order valence-corrected chi connectivity index (χ2v) is 3.62. The van der Waals surface area contributed by atoms with Crippen LogP contribution in [0, 0.1) is 0 Å². The van der Waals surface area contributed by atoms with Crippen LogP contribution in [0.2, 0.25) is 0 Å². The maximum Gasteiger partial charge on any atom is 1.00 e. The van der Waals surface area contributed by atoms with E-state index < -0.39 is 33.3 Å². The number of nitrogens with zero attached hydrogens (tertiary/aromatic N) is 1. The molecule has 10 heteroatoms. The van der Waals surface area contributed by atoms with Crippen molar-refractivity contribution in [2.24, 2.45) is 0 Å². The minimum absolute atomic E-state index is 0. The van der Waals surface area contributed by atoms with E-state index >= 15 is 0 Å². The van der Waals surface area contributed by atoms with Gasteiger partial charge in [0.05, 0.1) is 13.2 Å². The number of hydrogen-bond acceptors (Lipinski definition) is 6. The molecule has 0 aliphatic carbocycles. The first kappa shape index (κ1) is 24.1. The summed E-state index contributed by atoms with van der Waals surface area (Å²) in [5.41, 5.74) is 0. The topological polar surface area (TPSA) is 102 Å². The average Bonchev–Trinajstić information content (AvgIpc) is 2.16. The van der Waals surface area contributed by atoms with Gasteiger partial charge in [-0.15, -0.1) is 0 Å². The minimum Gasteiger partial charge on any atom is -0.840 e. The fourth-order valence-electron chi connectivity index (χ4n) is 0.889. The molecule has 94 valence electrons. The van der Waals surface area contributed by atoms with Crippen molar-refractivity contribution in [3.05, 3.63) is 0 Å². The van der Waals surface area contributed by atoms with E-state index in [-0.39, 0.29) is 72.3 Å². The number of rotatable bonds is 6. The second-order valence-electron chi connectivity index (χ2n) is 2.68. The van der Waals surface area contributed by atoms with Crippen LogP contribution < -0.4 is 68.9 Å². The number of esters is 1. The summed E-state index contributed by atoms with van der Waals surface area (Å²) in [6, 6.07) is 0. The molecule has 0 unspecified atom stereocenters. The van der Waals surface area contributed by atoms with Crippen LogP contribution in [0.4, 0.5) is 4.79 Å². The predicted molar refractivity (Wildman–Crippen MR) is 52.1 cm³/mol. The molecule has 0 aliphatic rings. The van der Waals surface area contributed by atoms with Crippen molar-refractivity contribution in [2.45, 2.75) is 13.8 Å². The number of hydrogen-bond donors (Lipinski definition) is 0. The molecule has 0 spiro atoms. The summed E-state index contributed by atoms with van der Waals surface area (Å²) < 4.78 is 9.19. The first-order valence-corrected chi connectivity index (χ1v) is 6.06. The third kappa shape index (κ3) is 12.1. The maximum atomic E-state index is 11.2. The van der Waals surface area contributed by atoms with Gasteiger partial charge in [-0.25, -0.2) is 4.79 Å². The maximum absolute atomic E-state index is 11.2. The summed E-state index contributed by atoms with van der Waals surface area (Å²) in [5, 5.41) is 0. The molecule has 0 aromatic heterocycles. The van der Waals surface area contributed by atoms with Gasteiger partial charge in [0.1, 0.15) is 6.54 Å². The van der Waals surface area contributed by atoms with Gasteiger partial charge in [-0.3, -0.25) is 18.1 Å². The molecule has 0 saturated carbocycles. The molecule has 0 aromatic rings. The van der Waals surface area contributed by atoms with Gasteiger partial charge >= 0.3 is 71.2 Å². The number of carbonyl (C=O) groups is 2. The van der Waals surface area contributed by atoms with Crippen molar-refractivity contribution in [3.63, 3.8) is 0 Å². The molecule has 7 nitrogen and oxygen atoms in total. The van der Waals surface area contributed by atoms with Gasteiger partial charge in [-0.1, -0.05) is 0 Å². The summed E-state index contributed by atoms with van der Waals surface area (Å²) >= 11 is 0. The zero-order valence-corrected chi connectivity index (χ0v) is 16.1. The standard InChI is InChI=1S/C8H14NO6P.2Na/c1-3-14-7(10)5-9(6-16(12)13)8(11)15-4-2;;/h3-6H2,1-2H3;;/q-2;2*+1. The molecular formula is C8H14NNa2O6P. The Hall–Kier alpha value is 1.09. The Morgan fingerprint density at radius 2 is 1.61 bits per heavy atom. The molecule has 0 fully saturated rings. The van der Waals surface area contributed by atoms with E-state index in [0.29, 0.717) is 0 Å². The quantitative estimate of drug-likeness (QED) is 0.274. The Morgan fingerprint density at radius 3 is 2.00 bits per heavy atom. The molecule has 0 bridgehead atoms. The van der Waals surface area contributed by atoms with Crippen LogP contribution >= 0.6 is 8.38 Å². The Kier molecular flexibility index (Phi) is 19.4. The van der Waals surface area contributed by atoms with Crippen LogP contribution in [0.1, 0.15) is 13.8 Å². The van der Waals surface area contributed by atoms with Gasteiger partial charge in [-0.05, 0) is 13.8 Å². The summed E-state index contributed by atoms with van der Waals surface area (Å²) in [5.74, 6) is -0.674. The fraction of sp³-hybridized carbons (Fsp3) is 0.750. The van der Waals surface area contributed by atoms with Crippen molar-refractivity contribution < 1.29 is 88.0 Å². The molecule has 0 radical (unpaired) electrons. The van der Waals surface area contributed by atoms with Crippen molar-refractivity contribution in [1.82, 2.24) is 4.90 Å². The summed E-state index contributed by atoms with van der Waals surface area (Å²) in [4.78, 5) is 44.1. The third-order valence-electron chi connectivity index (χ3n) is 1.44. The Labute approximate surface area is 152 Å². The molecule has 18 heavy (non-hydrogen) atoms. The van der Waals surface area contributed by atoms with Crippen LogP contribution in [-0.2, 0) is 14.3 Å². The molecule has 1 amide bonds.